The molecule has 0 spiro atoms. The summed E-state index contributed by atoms with van der Waals surface area (Å²) in [6.07, 6.45) is -7.87. The van der Waals surface area contributed by atoms with Gasteiger partial charge in [0.25, 0.3) is 0 Å². The van der Waals surface area contributed by atoms with Gasteiger partial charge in [-0.05, 0) is 6.92 Å². The second-order valence-corrected chi connectivity index (χ2v) is 8.21. The lowest BCUT2D eigenvalue weighted by atomic mass is 9.91. The number of sulfone groups is 1. The van der Waals surface area contributed by atoms with E-state index in [1.807, 2.05) is 0 Å². The highest BCUT2D eigenvalue weighted by Crippen LogP contribution is 2.64. The summed E-state index contributed by atoms with van der Waals surface area (Å²) in [5, 5.41) is -6.28. The molecule has 0 aromatic rings. The van der Waals surface area contributed by atoms with Gasteiger partial charge < -0.3 is 5.32 Å². The van der Waals surface area contributed by atoms with Crippen LogP contribution in [-0.4, -0.2) is 61.3 Å². The van der Waals surface area contributed by atoms with E-state index in [9.17, 15) is 83.1 Å². The SMILES string of the molecule is C=C(C)NCS(=O)(=O)C(F)(F)C(F)(F)C(F)(F)C(F)(F)C(F)(F)C(F)(F)C(F)(F)C(F)(F)F. The molecule has 198 valence electrons. The Labute approximate surface area is 171 Å². The van der Waals surface area contributed by atoms with Crippen LogP contribution in [0.5, 0.6) is 0 Å². The van der Waals surface area contributed by atoms with E-state index in [0.717, 1.165) is 6.92 Å². The van der Waals surface area contributed by atoms with Gasteiger partial charge in [-0.2, -0.15) is 74.6 Å². The van der Waals surface area contributed by atoms with Crippen LogP contribution in [0.1, 0.15) is 6.92 Å². The van der Waals surface area contributed by atoms with Crippen LogP contribution in [-0.2, 0) is 9.84 Å². The number of nitrogens with one attached hydrogen (secondary N) is 1. The van der Waals surface area contributed by atoms with Crippen molar-refractivity contribution < 1.29 is 83.1 Å². The summed E-state index contributed by atoms with van der Waals surface area (Å²) < 4.78 is 244. The third-order valence-corrected chi connectivity index (χ3v) is 5.21. The Balaban J connectivity index is 6.86. The number of allylic oxidation sites excluding steroid dienone is 1. The predicted molar refractivity (Wildman–Crippen MR) is 72.4 cm³/mol. The molecule has 1 N–H and O–H groups in total. The predicted octanol–water partition coefficient (Wildman–Crippen LogP) is 5.45. The standard InChI is InChI=1S/C12H8F17NO2S/c1-4(2)30-3-33(31,32)12(28,29)10(23,24)8(19,20)6(15,16)5(13,14)7(17,18)9(21,22)11(25,26)27/h30H,1,3H2,2H3. The molecule has 0 aliphatic rings. The number of rotatable bonds is 10. The second kappa shape index (κ2) is 7.92. The van der Waals surface area contributed by atoms with Crippen LogP contribution in [0.2, 0.25) is 0 Å². The van der Waals surface area contributed by atoms with Crippen molar-refractivity contribution in [1.82, 2.24) is 5.32 Å². The van der Waals surface area contributed by atoms with E-state index in [4.69, 9.17) is 0 Å². The molecular formula is C12H8F17NO2S. The fraction of sp³-hybridized carbons (Fsp3) is 0.833. The summed E-state index contributed by atoms with van der Waals surface area (Å²) in [6, 6.07) is 0. The van der Waals surface area contributed by atoms with Gasteiger partial charge in [0.2, 0.25) is 9.84 Å². The summed E-state index contributed by atoms with van der Waals surface area (Å²) in [4.78, 5) is 0. The van der Waals surface area contributed by atoms with E-state index in [-0.39, 0.29) is 0 Å². The van der Waals surface area contributed by atoms with Crippen LogP contribution in [0.15, 0.2) is 12.3 Å². The zero-order valence-corrected chi connectivity index (χ0v) is 15.9. The van der Waals surface area contributed by atoms with Gasteiger partial charge in [0.15, 0.2) is 0 Å². The first kappa shape index (κ1) is 31.3. The Kier molecular flexibility index (Phi) is 7.51. The molecule has 0 rings (SSSR count). The van der Waals surface area contributed by atoms with Gasteiger partial charge in [0.1, 0.15) is 5.88 Å². The highest BCUT2D eigenvalue weighted by molar-refractivity contribution is 7.92. The first-order valence-electron chi connectivity index (χ1n) is 7.25. The third-order valence-electron chi connectivity index (χ3n) is 3.65. The molecule has 21 heteroatoms. The fourth-order valence-electron chi connectivity index (χ4n) is 1.65. The summed E-state index contributed by atoms with van der Waals surface area (Å²) in [5.41, 5.74) is -0.657. The fourth-order valence-corrected chi connectivity index (χ4v) is 2.79. The Morgan fingerprint density at radius 2 is 0.879 bits per heavy atom. The molecule has 0 unspecified atom stereocenters. The summed E-state index contributed by atoms with van der Waals surface area (Å²) in [7, 11) is -7.12. The second-order valence-electron chi connectivity index (χ2n) is 6.18. The van der Waals surface area contributed by atoms with E-state index in [2.05, 4.69) is 6.58 Å². The Morgan fingerprint density at radius 3 is 1.15 bits per heavy atom. The molecule has 0 bridgehead atoms. The van der Waals surface area contributed by atoms with Crippen LogP contribution in [0.3, 0.4) is 0 Å². The molecule has 0 atom stereocenters. The first-order valence-corrected chi connectivity index (χ1v) is 8.90. The number of hydrogen-bond donors (Lipinski definition) is 1. The van der Waals surface area contributed by atoms with Crippen molar-refractivity contribution in [2.45, 2.75) is 53.9 Å². The molecular weight excluding hydrogens is 545 g/mol. The summed E-state index contributed by atoms with van der Waals surface area (Å²) in [5.74, 6) is -54.1. The minimum atomic E-state index is -8.83. The van der Waals surface area contributed by atoms with Gasteiger partial charge in [-0.15, -0.1) is 0 Å². The Bertz CT molecular complexity index is 858. The summed E-state index contributed by atoms with van der Waals surface area (Å²) >= 11 is 0. The van der Waals surface area contributed by atoms with Crippen molar-refractivity contribution in [3.8, 4) is 0 Å². The quantitative estimate of drug-likeness (QED) is 0.367. The van der Waals surface area contributed by atoms with Crippen molar-refractivity contribution in [3.63, 3.8) is 0 Å². The Hall–Kier alpha value is -1.70. The minimum Gasteiger partial charge on any atom is -0.375 e. The van der Waals surface area contributed by atoms with Gasteiger partial charge in [0, 0.05) is 5.70 Å². The van der Waals surface area contributed by atoms with Gasteiger partial charge in [-0.3, -0.25) is 0 Å². The molecule has 0 fully saturated rings. The van der Waals surface area contributed by atoms with Gasteiger partial charge in [0.05, 0.1) is 0 Å². The van der Waals surface area contributed by atoms with Crippen molar-refractivity contribution in [2.24, 2.45) is 0 Å². The number of hydrogen-bond acceptors (Lipinski definition) is 3. The molecule has 0 aliphatic heterocycles. The molecule has 0 aliphatic carbocycles. The van der Waals surface area contributed by atoms with Crippen LogP contribution in [0.25, 0.3) is 0 Å². The van der Waals surface area contributed by atoms with E-state index >= 15 is 0 Å². The van der Waals surface area contributed by atoms with Crippen molar-refractivity contribution in [2.75, 3.05) is 5.88 Å². The lowest BCUT2D eigenvalue weighted by Gasteiger charge is -2.42. The zero-order valence-electron chi connectivity index (χ0n) is 15.1. The van der Waals surface area contributed by atoms with Gasteiger partial charge in [-0.1, -0.05) is 6.58 Å². The maximum Gasteiger partial charge on any atom is 0.460 e. The molecule has 0 amide bonds. The smallest absolute Gasteiger partial charge is 0.375 e. The number of alkyl halides is 17. The third kappa shape index (κ3) is 4.17. The maximum absolute atomic E-state index is 13.6. The largest absolute Gasteiger partial charge is 0.460 e. The van der Waals surface area contributed by atoms with Gasteiger partial charge >= 0.3 is 47.0 Å². The van der Waals surface area contributed by atoms with Crippen LogP contribution < -0.4 is 5.32 Å². The van der Waals surface area contributed by atoms with E-state index in [1.165, 1.54) is 5.32 Å². The lowest BCUT2D eigenvalue weighted by Crippen LogP contribution is -2.75. The molecule has 0 aromatic heterocycles. The molecule has 0 saturated heterocycles. The average Bonchev–Trinajstić information content (AvgIpc) is 2.57. The highest BCUT2D eigenvalue weighted by atomic mass is 32.2. The topological polar surface area (TPSA) is 46.2 Å². The molecule has 0 radical (unpaired) electrons. The minimum absolute atomic E-state index is 0.657. The van der Waals surface area contributed by atoms with E-state index in [0.29, 0.717) is 0 Å². The van der Waals surface area contributed by atoms with Crippen molar-refractivity contribution in [3.05, 3.63) is 12.3 Å². The lowest BCUT2D eigenvalue weighted by molar-refractivity contribution is -0.458. The van der Waals surface area contributed by atoms with Crippen LogP contribution >= 0.6 is 0 Å². The monoisotopic (exact) mass is 553 g/mol. The maximum atomic E-state index is 13.6. The summed E-state index contributed by atoms with van der Waals surface area (Å²) in [6.45, 7) is 3.52. The number of halogens is 17. The highest BCUT2D eigenvalue weighted by Gasteiger charge is 2.96. The van der Waals surface area contributed by atoms with E-state index in [1.54, 1.807) is 0 Å². The molecule has 33 heavy (non-hydrogen) atoms. The first-order chi connectivity index (χ1) is 13.9. The van der Waals surface area contributed by atoms with Crippen LogP contribution in [0.4, 0.5) is 74.6 Å². The van der Waals surface area contributed by atoms with Crippen molar-refractivity contribution in [1.29, 1.82) is 0 Å². The average molecular weight is 553 g/mol. The molecule has 0 heterocycles. The van der Waals surface area contributed by atoms with Crippen molar-refractivity contribution >= 4 is 9.84 Å². The molecule has 0 saturated carbocycles. The van der Waals surface area contributed by atoms with Crippen LogP contribution in [0, 0.1) is 0 Å². The zero-order chi connectivity index (χ0) is 27.5. The van der Waals surface area contributed by atoms with E-state index < -0.39 is 68.4 Å². The Morgan fingerprint density at radius 1 is 0.606 bits per heavy atom. The molecule has 3 nitrogen and oxygen atoms in total. The van der Waals surface area contributed by atoms with Gasteiger partial charge in [-0.25, -0.2) is 8.42 Å². The normalized spacial score (nSPS) is 16.1. The molecule has 0 aromatic carbocycles.